The number of rotatable bonds is 8. The lowest BCUT2D eigenvalue weighted by atomic mass is 10.2. The van der Waals surface area contributed by atoms with E-state index in [1.165, 1.54) is 47.3 Å². The van der Waals surface area contributed by atoms with E-state index in [0.717, 1.165) is 18.6 Å². The number of carbonyl (C=O) groups is 1. The van der Waals surface area contributed by atoms with Crippen molar-refractivity contribution in [3.63, 3.8) is 0 Å². The van der Waals surface area contributed by atoms with Crippen molar-refractivity contribution in [3.8, 4) is 5.69 Å². The van der Waals surface area contributed by atoms with Crippen LogP contribution in [0.2, 0.25) is 0 Å². The number of alkyl halides is 3. The zero-order chi connectivity index (χ0) is 24.2. The smallest absolute Gasteiger partial charge is 0.322 e. The molecule has 0 saturated heterocycles. The lowest BCUT2D eigenvalue weighted by Crippen LogP contribution is -2.24. The van der Waals surface area contributed by atoms with Crippen LogP contribution >= 0.6 is 0 Å². The second-order valence-electron chi connectivity index (χ2n) is 7.34. The predicted octanol–water partition coefficient (Wildman–Crippen LogP) is 4.53. The van der Waals surface area contributed by atoms with Crippen molar-refractivity contribution in [2.45, 2.75) is 37.8 Å². The number of nitrogens with one attached hydrogen (secondary N) is 2. The lowest BCUT2D eigenvalue weighted by molar-refractivity contribution is -0.137. The normalized spacial score (nSPS) is 12.0. The molecule has 0 aliphatic heterocycles. The molecule has 0 unspecified atom stereocenters. The molecule has 0 saturated carbocycles. The van der Waals surface area contributed by atoms with Crippen LogP contribution in [0.3, 0.4) is 0 Å². The molecule has 0 atom stereocenters. The molecule has 2 aromatic carbocycles. The molecule has 0 radical (unpaired) electrons. The van der Waals surface area contributed by atoms with E-state index in [4.69, 9.17) is 0 Å². The van der Waals surface area contributed by atoms with Crippen LogP contribution in [0.15, 0.2) is 59.6 Å². The first-order valence-corrected chi connectivity index (χ1v) is 11.6. The molecule has 11 heteroatoms. The summed E-state index contributed by atoms with van der Waals surface area (Å²) in [6.07, 6.45) is -1.72. The third-order valence-electron chi connectivity index (χ3n) is 4.90. The zero-order valence-corrected chi connectivity index (χ0v) is 18.8. The molecule has 0 spiro atoms. The standard InChI is InChI=1S/C22H23F3N4O3S/c1-3-4-11-27-33(31,32)19-10-6-8-17(13-19)28-21(30)20-14-26-29(15(20)2)18-9-5-7-16(12-18)22(23,24)25/h5-10,12-14,27H,3-4,11H2,1-2H3,(H,28,30). The maximum absolute atomic E-state index is 13.0. The fraction of sp³-hybridized carbons (Fsp3) is 0.273. The number of halogens is 3. The highest BCUT2D eigenvalue weighted by atomic mass is 32.2. The van der Waals surface area contributed by atoms with Crippen molar-refractivity contribution in [1.29, 1.82) is 0 Å². The summed E-state index contributed by atoms with van der Waals surface area (Å²) < 4.78 is 67.6. The topological polar surface area (TPSA) is 93.1 Å². The summed E-state index contributed by atoms with van der Waals surface area (Å²) in [5.74, 6) is -0.570. The van der Waals surface area contributed by atoms with Gasteiger partial charge >= 0.3 is 6.18 Å². The van der Waals surface area contributed by atoms with Gasteiger partial charge in [0.25, 0.3) is 5.91 Å². The number of sulfonamides is 1. The number of anilines is 1. The molecule has 1 heterocycles. The van der Waals surface area contributed by atoms with E-state index < -0.39 is 27.7 Å². The van der Waals surface area contributed by atoms with Gasteiger partial charge in [-0.2, -0.15) is 18.3 Å². The molecule has 0 bridgehead atoms. The average molecular weight is 481 g/mol. The van der Waals surface area contributed by atoms with Gasteiger partial charge in [-0.1, -0.05) is 25.5 Å². The largest absolute Gasteiger partial charge is 0.416 e. The summed E-state index contributed by atoms with van der Waals surface area (Å²) in [6, 6.07) is 10.4. The summed E-state index contributed by atoms with van der Waals surface area (Å²) in [5.41, 5.74) is 0.0576. The average Bonchev–Trinajstić information content (AvgIpc) is 3.15. The van der Waals surface area contributed by atoms with Crippen molar-refractivity contribution < 1.29 is 26.4 Å². The molecule has 3 rings (SSSR count). The quantitative estimate of drug-likeness (QED) is 0.464. The Morgan fingerprint density at radius 3 is 2.55 bits per heavy atom. The molecule has 0 aliphatic rings. The second kappa shape index (κ2) is 9.75. The Bertz CT molecular complexity index is 1250. The molecule has 0 fully saturated rings. The highest BCUT2D eigenvalue weighted by molar-refractivity contribution is 7.89. The molecule has 7 nitrogen and oxygen atoms in total. The fourth-order valence-electron chi connectivity index (χ4n) is 3.11. The van der Waals surface area contributed by atoms with Gasteiger partial charge in [0, 0.05) is 12.2 Å². The summed E-state index contributed by atoms with van der Waals surface area (Å²) in [5, 5.41) is 6.67. The van der Waals surface area contributed by atoms with Gasteiger partial charge in [-0.3, -0.25) is 4.79 Å². The number of benzene rings is 2. The Balaban J connectivity index is 1.81. The van der Waals surface area contributed by atoms with E-state index in [1.807, 2.05) is 6.92 Å². The molecular weight excluding hydrogens is 457 g/mol. The first kappa shape index (κ1) is 24.5. The maximum atomic E-state index is 13.0. The van der Waals surface area contributed by atoms with Gasteiger partial charge in [-0.15, -0.1) is 0 Å². The number of hydrogen-bond donors (Lipinski definition) is 2. The monoisotopic (exact) mass is 480 g/mol. The van der Waals surface area contributed by atoms with E-state index in [1.54, 1.807) is 6.92 Å². The Morgan fingerprint density at radius 2 is 1.85 bits per heavy atom. The highest BCUT2D eigenvalue weighted by Crippen LogP contribution is 2.30. The van der Waals surface area contributed by atoms with E-state index in [-0.39, 0.29) is 21.8 Å². The van der Waals surface area contributed by atoms with E-state index >= 15 is 0 Å². The Morgan fingerprint density at radius 1 is 1.12 bits per heavy atom. The van der Waals surface area contributed by atoms with Crippen molar-refractivity contribution in [3.05, 3.63) is 71.5 Å². The molecule has 3 aromatic rings. The summed E-state index contributed by atoms with van der Waals surface area (Å²) in [6.45, 7) is 3.81. The number of unbranched alkanes of at least 4 members (excludes halogenated alkanes) is 1. The highest BCUT2D eigenvalue weighted by Gasteiger charge is 2.30. The van der Waals surface area contributed by atoms with Crippen LogP contribution in [0.1, 0.15) is 41.4 Å². The van der Waals surface area contributed by atoms with Crippen molar-refractivity contribution >= 4 is 21.6 Å². The molecule has 2 N–H and O–H groups in total. The lowest BCUT2D eigenvalue weighted by Gasteiger charge is -2.11. The van der Waals surface area contributed by atoms with Gasteiger partial charge in [-0.25, -0.2) is 17.8 Å². The van der Waals surface area contributed by atoms with Crippen molar-refractivity contribution in [2.24, 2.45) is 0 Å². The predicted molar refractivity (Wildman–Crippen MR) is 118 cm³/mol. The first-order valence-electron chi connectivity index (χ1n) is 10.2. The van der Waals surface area contributed by atoms with Gasteiger partial charge in [0.1, 0.15) is 0 Å². The van der Waals surface area contributed by atoms with Gasteiger partial charge in [0.05, 0.1) is 33.6 Å². The molecular formula is C22H23F3N4O3S. The fourth-order valence-corrected chi connectivity index (χ4v) is 4.23. The van der Waals surface area contributed by atoms with Gasteiger partial charge in [0.15, 0.2) is 0 Å². The summed E-state index contributed by atoms with van der Waals surface area (Å²) in [7, 11) is -3.72. The van der Waals surface area contributed by atoms with Gasteiger partial charge in [-0.05, 0) is 49.7 Å². The second-order valence-corrected chi connectivity index (χ2v) is 9.10. The van der Waals surface area contributed by atoms with Crippen LogP contribution in [0, 0.1) is 6.92 Å². The van der Waals surface area contributed by atoms with Crippen LogP contribution in [0.25, 0.3) is 5.69 Å². The van der Waals surface area contributed by atoms with Crippen LogP contribution in [0.4, 0.5) is 18.9 Å². The summed E-state index contributed by atoms with van der Waals surface area (Å²) >= 11 is 0. The summed E-state index contributed by atoms with van der Waals surface area (Å²) in [4.78, 5) is 12.8. The maximum Gasteiger partial charge on any atom is 0.416 e. The minimum Gasteiger partial charge on any atom is -0.322 e. The number of amides is 1. The molecule has 33 heavy (non-hydrogen) atoms. The molecule has 176 valence electrons. The third-order valence-corrected chi connectivity index (χ3v) is 6.36. The Kier molecular flexibility index (Phi) is 7.23. The van der Waals surface area contributed by atoms with E-state index in [9.17, 15) is 26.4 Å². The minimum absolute atomic E-state index is 0.00721. The van der Waals surface area contributed by atoms with Crippen molar-refractivity contribution in [2.75, 3.05) is 11.9 Å². The van der Waals surface area contributed by atoms with E-state index in [0.29, 0.717) is 18.7 Å². The first-order chi connectivity index (χ1) is 15.5. The Hall–Kier alpha value is -3.18. The number of aromatic nitrogens is 2. The molecule has 0 aliphatic carbocycles. The SMILES string of the molecule is CCCCNS(=O)(=O)c1cccc(NC(=O)c2cnn(-c3cccc(C(F)(F)F)c3)c2C)c1. The van der Waals surface area contributed by atoms with Crippen LogP contribution in [-0.2, 0) is 16.2 Å². The zero-order valence-electron chi connectivity index (χ0n) is 18.0. The number of carbonyl (C=O) groups excluding carboxylic acids is 1. The van der Waals surface area contributed by atoms with Crippen LogP contribution < -0.4 is 10.0 Å². The number of nitrogens with zero attached hydrogens (tertiary/aromatic N) is 2. The van der Waals surface area contributed by atoms with Crippen LogP contribution in [0.5, 0.6) is 0 Å². The van der Waals surface area contributed by atoms with Crippen molar-refractivity contribution in [1.82, 2.24) is 14.5 Å². The molecule has 1 amide bonds. The van der Waals surface area contributed by atoms with Gasteiger partial charge < -0.3 is 5.32 Å². The minimum atomic E-state index is -4.51. The van der Waals surface area contributed by atoms with Gasteiger partial charge in [0.2, 0.25) is 10.0 Å². The number of hydrogen-bond acceptors (Lipinski definition) is 4. The molecule has 1 aromatic heterocycles. The Labute approximate surface area is 189 Å². The van der Waals surface area contributed by atoms with E-state index in [2.05, 4.69) is 15.1 Å². The third kappa shape index (κ3) is 5.79. The van der Waals surface area contributed by atoms with Crippen LogP contribution in [-0.4, -0.2) is 30.7 Å².